The van der Waals surface area contributed by atoms with E-state index in [-0.39, 0.29) is 11.7 Å². The lowest BCUT2D eigenvalue weighted by Crippen LogP contribution is -2.28. The third kappa shape index (κ3) is 3.51. The predicted molar refractivity (Wildman–Crippen MR) is 76.7 cm³/mol. The van der Waals surface area contributed by atoms with E-state index in [9.17, 15) is 14.9 Å². The molecule has 114 valence electrons. The number of nitro benzene ring substituents is 1. The molecule has 0 aliphatic heterocycles. The fourth-order valence-electron chi connectivity index (χ4n) is 2.72. The maximum absolute atomic E-state index is 11.1. The highest BCUT2D eigenvalue weighted by atomic mass is 16.6. The molecule has 2 rings (SSSR count). The monoisotopic (exact) mass is 293 g/mol. The molecule has 1 aliphatic rings. The van der Waals surface area contributed by atoms with Crippen molar-refractivity contribution in [3.05, 3.63) is 33.9 Å². The van der Waals surface area contributed by atoms with Gasteiger partial charge in [0.05, 0.1) is 11.0 Å². The maximum Gasteiger partial charge on any atom is 0.342 e. The molecule has 3 unspecified atom stereocenters. The van der Waals surface area contributed by atoms with Gasteiger partial charge in [0, 0.05) is 12.1 Å². The Morgan fingerprint density at radius 1 is 1.33 bits per heavy atom. The highest BCUT2D eigenvalue weighted by molar-refractivity contribution is 5.92. The summed E-state index contributed by atoms with van der Waals surface area (Å²) < 4.78 is 5.81. The molecule has 1 aromatic rings. The molecule has 0 amide bonds. The zero-order chi connectivity index (χ0) is 15.6. The van der Waals surface area contributed by atoms with Crippen molar-refractivity contribution in [1.82, 2.24) is 0 Å². The van der Waals surface area contributed by atoms with Crippen molar-refractivity contribution in [2.24, 2.45) is 11.8 Å². The minimum Gasteiger partial charge on any atom is -0.490 e. The molecule has 3 atom stereocenters. The number of hydrogen-bond acceptors (Lipinski definition) is 4. The van der Waals surface area contributed by atoms with E-state index in [2.05, 4.69) is 13.8 Å². The molecule has 0 radical (unpaired) electrons. The van der Waals surface area contributed by atoms with Crippen LogP contribution >= 0.6 is 0 Å². The lowest BCUT2D eigenvalue weighted by Gasteiger charge is -2.32. The first-order chi connectivity index (χ1) is 9.88. The average molecular weight is 293 g/mol. The van der Waals surface area contributed by atoms with E-state index in [4.69, 9.17) is 9.84 Å². The van der Waals surface area contributed by atoms with Crippen LogP contribution < -0.4 is 4.74 Å². The molecule has 1 aromatic carbocycles. The van der Waals surface area contributed by atoms with E-state index in [1.54, 1.807) is 0 Å². The molecule has 0 heterocycles. The van der Waals surface area contributed by atoms with Crippen molar-refractivity contribution in [2.45, 2.75) is 39.2 Å². The molecular formula is C15H19NO5. The molecule has 1 N–H and O–H groups in total. The molecule has 1 aliphatic carbocycles. The second-order valence-electron chi connectivity index (χ2n) is 5.75. The largest absolute Gasteiger partial charge is 0.490 e. The molecule has 0 spiro atoms. The van der Waals surface area contributed by atoms with Gasteiger partial charge in [-0.2, -0.15) is 0 Å². The van der Waals surface area contributed by atoms with Crippen molar-refractivity contribution in [3.8, 4) is 5.75 Å². The van der Waals surface area contributed by atoms with E-state index < -0.39 is 16.6 Å². The van der Waals surface area contributed by atoms with Crippen LogP contribution in [0.4, 0.5) is 5.69 Å². The number of rotatable bonds is 4. The molecule has 0 bridgehead atoms. The van der Waals surface area contributed by atoms with Crippen molar-refractivity contribution < 1.29 is 19.6 Å². The second-order valence-corrected chi connectivity index (χ2v) is 5.75. The van der Waals surface area contributed by atoms with Gasteiger partial charge in [0.2, 0.25) is 0 Å². The van der Waals surface area contributed by atoms with E-state index in [0.29, 0.717) is 17.6 Å². The number of carboxylic acid groups (broad SMARTS) is 1. The summed E-state index contributed by atoms with van der Waals surface area (Å²) in [6, 6.07) is 3.89. The molecular weight excluding hydrogens is 274 g/mol. The maximum atomic E-state index is 11.1. The smallest absolute Gasteiger partial charge is 0.342 e. The molecule has 0 aromatic heterocycles. The van der Waals surface area contributed by atoms with E-state index >= 15 is 0 Å². The summed E-state index contributed by atoms with van der Waals surface area (Å²) in [6.07, 6.45) is 2.95. The summed E-state index contributed by atoms with van der Waals surface area (Å²) in [4.78, 5) is 21.2. The van der Waals surface area contributed by atoms with Gasteiger partial charge in [-0.1, -0.05) is 13.8 Å². The van der Waals surface area contributed by atoms with Crippen LogP contribution in [0.2, 0.25) is 0 Å². The van der Waals surface area contributed by atoms with Crippen LogP contribution in [0.3, 0.4) is 0 Å². The SMILES string of the molecule is CC1CCC(Oc2ccc([N+](=O)[O-])c(C(=O)O)c2)CC1C. The second kappa shape index (κ2) is 6.11. The number of aromatic carboxylic acids is 1. The predicted octanol–water partition coefficient (Wildman–Crippen LogP) is 3.50. The third-order valence-corrected chi connectivity index (χ3v) is 4.25. The Bertz CT molecular complexity index is 557. The Labute approximate surface area is 122 Å². The minimum absolute atomic E-state index is 0.0410. The quantitative estimate of drug-likeness (QED) is 0.677. The Hall–Kier alpha value is -2.11. The normalized spacial score (nSPS) is 25.3. The Morgan fingerprint density at radius 3 is 2.62 bits per heavy atom. The van der Waals surface area contributed by atoms with E-state index in [1.807, 2.05) is 0 Å². The van der Waals surface area contributed by atoms with Crippen LogP contribution in [-0.2, 0) is 0 Å². The van der Waals surface area contributed by atoms with Crippen LogP contribution in [-0.4, -0.2) is 22.1 Å². The van der Waals surface area contributed by atoms with Gasteiger partial charge in [-0.15, -0.1) is 0 Å². The number of nitro groups is 1. The van der Waals surface area contributed by atoms with Gasteiger partial charge >= 0.3 is 5.97 Å². The van der Waals surface area contributed by atoms with Crippen molar-refractivity contribution >= 4 is 11.7 Å². The van der Waals surface area contributed by atoms with Crippen LogP contribution in [0.25, 0.3) is 0 Å². The van der Waals surface area contributed by atoms with Gasteiger partial charge in [-0.3, -0.25) is 10.1 Å². The number of carbonyl (C=O) groups is 1. The Balaban J connectivity index is 2.16. The summed E-state index contributed by atoms with van der Waals surface area (Å²) in [6.45, 7) is 4.40. The van der Waals surface area contributed by atoms with Crippen molar-refractivity contribution in [2.75, 3.05) is 0 Å². The number of carboxylic acids is 1. The standard InChI is InChI=1S/C15H19NO5/c1-9-3-4-11(7-10(9)2)21-12-5-6-14(16(19)20)13(8-12)15(17)18/h5-6,8-11H,3-4,7H2,1-2H3,(H,17,18). The first kappa shape index (κ1) is 15.3. The zero-order valence-corrected chi connectivity index (χ0v) is 12.1. The molecule has 1 fully saturated rings. The van der Waals surface area contributed by atoms with Gasteiger partial charge < -0.3 is 9.84 Å². The number of hydrogen-bond donors (Lipinski definition) is 1. The molecule has 21 heavy (non-hydrogen) atoms. The number of ether oxygens (including phenoxy) is 1. The van der Waals surface area contributed by atoms with Crippen LogP contribution in [0.15, 0.2) is 18.2 Å². The summed E-state index contributed by atoms with van der Waals surface area (Å²) in [7, 11) is 0. The van der Waals surface area contributed by atoms with Crippen molar-refractivity contribution in [1.29, 1.82) is 0 Å². The fourth-order valence-corrected chi connectivity index (χ4v) is 2.72. The van der Waals surface area contributed by atoms with Crippen LogP contribution in [0.1, 0.15) is 43.5 Å². The first-order valence-electron chi connectivity index (χ1n) is 7.07. The topological polar surface area (TPSA) is 89.7 Å². The summed E-state index contributed by atoms with van der Waals surface area (Å²) in [5, 5.41) is 19.9. The molecule has 6 nitrogen and oxygen atoms in total. The van der Waals surface area contributed by atoms with Crippen LogP contribution in [0.5, 0.6) is 5.75 Å². The average Bonchev–Trinajstić information content (AvgIpc) is 2.42. The first-order valence-corrected chi connectivity index (χ1v) is 7.07. The minimum atomic E-state index is -1.32. The van der Waals surface area contributed by atoms with Crippen LogP contribution in [0, 0.1) is 22.0 Å². The molecule has 1 saturated carbocycles. The van der Waals surface area contributed by atoms with Gasteiger partial charge in [-0.25, -0.2) is 4.79 Å². The number of benzene rings is 1. The molecule has 0 saturated heterocycles. The summed E-state index contributed by atoms with van der Waals surface area (Å²) in [5.41, 5.74) is -0.754. The Morgan fingerprint density at radius 2 is 2.05 bits per heavy atom. The fraction of sp³-hybridized carbons (Fsp3) is 0.533. The lowest BCUT2D eigenvalue weighted by molar-refractivity contribution is -0.385. The zero-order valence-electron chi connectivity index (χ0n) is 12.1. The van der Waals surface area contributed by atoms with Gasteiger partial charge in [0.1, 0.15) is 11.3 Å². The van der Waals surface area contributed by atoms with Gasteiger partial charge in [-0.05, 0) is 37.2 Å². The summed E-state index contributed by atoms with van der Waals surface area (Å²) >= 11 is 0. The van der Waals surface area contributed by atoms with Crippen molar-refractivity contribution in [3.63, 3.8) is 0 Å². The van der Waals surface area contributed by atoms with E-state index in [1.165, 1.54) is 18.2 Å². The molecule has 6 heteroatoms. The van der Waals surface area contributed by atoms with Gasteiger partial charge in [0.25, 0.3) is 5.69 Å². The highest BCUT2D eigenvalue weighted by Crippen LogP contribution is 2.33. The number of nitrogens with zero attached hydrogens (tertiary/aromatic N) is 1. The van der Waals surface area contributed by atoms with Gasteiger partial charge in [0.15, 0.2) is 0 Å². The third-order valence-electron chi connectivity index (χ3n) is 4.25. The Kier molecular flexibility index (Phi) is 4.45. The lowest BCUT2D eigenvalue weighted by atomic mass is 9.80. The summed E-state index contributed by atoms with van der Waals surface area (Å²) in [5.74, 6) is 0.277. The highest BCUT2D eigenvalue weighted by Gasteiger charge is 2.27. The van der Waals surface area contributed by atoms with E-state index in [0.717, 1.165) is 19.3 Å².